The summed E-state index contributed by atoms with van der Waals surface area (Å²) in [7, 11) is 1.70. The van der Waals surface area contributed by atoms with Gasteiger partial charge >= 0.3 is 0 Å². The van der Waals surface area contributed by atoms with Crippen LogP contribution in [0.15, 0.2) is 29.6 Å². The van der Waals surface area contributed by atoms with Gasteiger partial charge in [-0.15, -0.1) is 11.3 Å². The maximum Gasteiger partial charge on any atom is 0.234 e. The minimum atomic E-state index is -0.549. The number of hydrogen-bond donors (Lipinski definition) is 2. The van der Waals surface area contributed by atoms with Crippen molar-refractivity contribution in [1.82, 2.24) is 15.2 Å². The topological polar surface area (TPSA) is 105 Å². The number of nitrogens with zero attached hydrogens (tertiary/aromatic N) is 2. The number of carbonyl (C=O) groups excluding carboxylic acids is 3. The number of halogens is 1. The molecule has 3 N–H and O–H groups in total. The van der Waals surface area contributed by atoms with E-state index in [1.165, 1.54) is 42.0 Å². The summed E-state index contributed by atoms with van der Waals surface area (Å²) in [5.41, 5.74) is 6.29. The van der Waals surface area contributed by atoms with Crippen molar-refractivity contribution in [3.63, 3.8) is 0 Å². The molecule has 1 saturated carbocycles. The van der Waals surface area contributed by atoms with Crippen LogP contribution in [-0.2, 0) is 9.59 Å². The number of carbonyl (C=O) groups is 3. The van der Waals surface area contributed by atoms with Gasteiger partial charge in [0.1, 0.15) is 16.5 Å². The van der Waals surface area contributed by atoms with E-state index in [9.17, 15) is 18.8 Å². The first-order valence-electron chi connectivity index (χ1n) is 12.4. The minimum absolute atomic E-state index is 0.0579. The van der Waals surface area contributed by atoms with E-state index in [-0.39, 0.29) is 29.6 Å². The van der Waals surface area contributed by atoms with Crippen LogP contribution in [0, 0.1) is 17.7 Å². The molecule has 0 spiro atoms. The van der Waals surface area contributed by atoms with Crippen molar-refractivity contribution in [2.45, 2.75) is 63.5 Å². The number of likely N-dealkylation sites (tertiary alicyclic amines) is 1. The zero-order chi connectivity index (χ0) is 24.9. The summed E-state index contributed by atoms with van der Waals surface area (Å²) >= 11 is 1.38. The fourth-order valence-corrected chi connectivity index (χ4v) is 6.40. The maximum atomic E-state index is 13.9. The Hall–Kier alpha value is -2.65. The normalized spacial score (nSPS) is 20.5. The summed E-state index contributed by atoms with van der Waals surface area (Å²) in [4.78, 5) is 45.2. The van der Waals surface area contributed by atoms with Gasteiger partial charge in [-0.3, -0.25) is 14.4 Å². The summed E-state index contributed by atoms with van der Waals surface area (Å²) < 4.78 is 13.2. The predicted octanol–water partition coefficient (Wildman–Crippen LogP) is 3.84. The lowest BCUT2D eigenvalue weighted by molar-refractivity contribution is -0.139. The first-order valence-corrected chi connectivity index (χ1v) is 13.3. The molecule has 1 aliphatic heterocycles. The molecule has 2 aromatic rings. The number of amides is 2. The van der Waals surface area contributed by atoms with Crippen molar-refractivity contribution < 1.29 is 18.8 Å². The van der Waals surface area contributed by atoms with Crippen LogP contribution in [0.2, 0.25) is 0 Å². The van der Waals surface area contributed by atoms with Gasteiger partial charge in [-0.25, -0.2) is 9.37 Å². The predicted molar refractivity (Wildman–Crippen MR) is 132 cm³/mol. The molecule has 3 atom stereocenters. The van der Waals surface area contributed by atoms with Crippen molar-refractivity contribution in [2.75, 3.05) is 13.6 Å². The van der Waals surface area contributed by atoms with Crippen LogP contribution < -0.4 is 11.1 Å². The van der Waals surface area contributed by atoms with Crippen LogP contribution in [0.4, 0.5) is 4.39 Å². The standard InChI is InChI=1S/C26H33FN4O3S/c1-29-20(24(28)33)14-19(16-6-3-2-4-7-16)26(34)31-13-5-8-22(31)25-30-21(15-35-25)23(32)17-9-11-18(27)12-10-17/h9-12,15-16,19-20,22,29H,2-8,13-14H2,1H3,(H2,28,33)/t19-,20?,22-/m0/s1. The van der Waals surface area contributed by atoms with Crippen molar-refractivity contribution in [1.29, 1.82) is 0 Å². The molecule has 4 rings (SSSR count). The van der Waals surface area contributed by atoms with Crippen LogP contribution >= 0.6 is 11.3 Å². The van der Waals surface area contributed by atoms with E-state index in [0.717, 1.165) is 43.5 Å². The fraction of sp³-hybridized carbons (Fsp3) is 0.538. The van der Waals surface area contributed by atoms with Gasteiger partial charge in [-0.05, 0) is 69.3 Å². The second kappa shape index (κ2) is 11.4. The van der Waals surface area contributed by atoms with Crippen LogP contribution in [0.3, 0.4) is 0 Å². The lowest BCUT2D eigenvalue weighted by Gasteiger charge is -2.35. The Kier molecular flexibility index (Phi) is 8.28. The highest BCUT2D eigenvalue weighted by Gasteiger charge is 2.40. The second-order valence-electron chi connectivity index (χ2n) is 9.58. The van der Waals surface area contributed by atoms with Gasteiger partial charge in [-0.1, -0.05) is 19.3 Å². The molecule has 1 unspecified atom stereocenters. The fourth-order valence-electron chi connectivity index (χ4n) is 5.46. The molecule has 1 aliphatic carbocycles. The van der Waals surface area contributed by atoms with Gasteiger partial charge in [-0.2, -0.15) is 0 Å². The maximum absolute atomic E-state index is 13.9. The Morgan fingerprint density at radius 3 is 2.51 bits per heavy atom. The molecule has 2 fully saturated rings. The summed E-state index contributed by atoms with van der Waals surface area (Å²) in [5, 5.41) is 5.43. The number of likely N-dealkylation sites (N-methyl/N-ethyl adjacent to an activating group) is 1. The molecule has 1 aromatic carbocycles. The summed E-state index contributed by atoms with van der Waals surface area (Å²) in [6, 6.07) is 4.69. The highest BCUT2D eigenvalue weighted by molar-refractivity contribution is 7.10. The molecular weight excluding hydrogens is 467 g/mol. The number of ketones is 1. The second-order valence-corrected chi connectivity index (χ2v) is 10.5. The van der Waals surface area contributed by atoms with E-state index in [4.69, 9.17) is 5.73 Å². The quantitative estimate of drug-likeness (QED) is 0.509. The third-order valence-corrected chi connectivity index (χ3v) is 8.35. The van der Waals surface area contributed by atoms with Crippen LogP contribution in [0.25, 0.3) is 0 Å². The van der Waals surface area contributed by atoms with E-state index in [1.807, 2.05) is 4.90 Å². The van der Waals surface area contributed by atoms with E-state index in [1.54, 1.807) is 12.4 Å². The monoisotopic (exact) mass is 500 g/mol. The summed E-state index contributed by atoms with van der Waals surface area (Å²) in [5.74, 6) is -1.09. The van der Waals surface area contributed by atoms with Gasteiger partial charge in [0.05, 0.1) is 12.1 Å². The molecule has 0 bridgehead atoms. The van der Waals surface area contributed by atoms with E-state index in [0.29, 0.717) is 24.2 Å². The highest BCUT2D eigenvalue weighted by atomic mass is 32.1. The molecule has 9 heteroatoms. The Morgan fingerprint density at radius 1 is 1.14 bits per heavy atom. The third-order valence-electron chi connectivity index (χ3n) is 7.40. The van der Waals surface area contributed by atoms with Crippen molar-refractivity contribution in [2.24, 2.45) is 17.6 Å². The molecule has 2 amide bonds. The molecule has 1 aromatic heterocycles. The van der Waals surface area contributed by atoms with Gasteiger partial charge in [0.25, 0.3) is 0 Å². The lowest BCUT2D eigenvalue weighted by atomic mass is 9.76. The number of primary amides is 1. The number of benzene rings is 1. The molecule has 35 heavy (non-hydrogen) atoms. The first kappa shape index (κ1) is 25.4. The number of nitrogens with two attached hydrogens (primary N) is 1. The SMILES string of the molecule is CNC(C[C@H](C(=O)N1CCC[C@H]1c1nc(C(=O)c2ccc(F)cc2)cs1)C1CCCCC1)C(N)=O. The number of aromatic nitrogens is 1. The molecular formula is C26H33FN4O3S. The summed E-state index contributed by atoms with van der Waals surface area (Å²) in [6.45, 7) is 0.633. The third kappa shape index (κ3) is 5.78. The molecule has 188 valence electrons. The Labute approximate surface area is 209 Å². The van der Waals surface area contributed by atoms with Gasteiger partial charge in [0.2, 0.25) is 17.6 Å². The average Bonchev–Trinajstić information content (AvgIpc) is 3.54. The van der Waals surface area contributed by atoms with Crippen LogP contribution in [-0.4, -0.2) is 47.1 Å². The Bertz CT molecular complexity index is 1050. The van der Waals surface area contributed by atoms with Gasteiger partial charge in [0, 0.05) is 23.4 Å². The molecule has 2 heterocycles. The molecule has 2 aliphatic rings. The zero-order valence-corrected chi connectivity index (χ0v) is 20.9. The summed E-state index contributed by atoms with van der Waals surface area (Å²) in [6.07, 6.45) is 7.38. The van der Waals surface area contributed by atoms with Crippen molar-refractivity contribution in [3.05, 3.63) is 51.7 Å². The molecule has 7 nitrogen and oxygen atoms in total. The average molecular weight is 501 g/mol. The van der Waals surface area contributed by atoms with Crippen LogP contribution in [0.5, 0.6) is 0 Å². The smallest absolute Gasteiger partial charge is 0.234 e. The number of nitrogens with one attached hydrogen (secondary N) is 1. The van der Waals surface area contributed by atoms with Crippen LogP contribution in [0.1, 0.15) is 78.5 Å². The molecule has 0 radical (unpaired) electrons. The van der Waals surface area contributed by atoms with Gasteiger partial charge in [0.15, 0.2) is 0 Å². The first-order chi connectivity index (χ1) is 16.9. The van der Waals surface area contributed by atoms with E-state index >= 15 is 0 Å². The number of hydrogen-bond acceptors (Lipinski definition) is 6. The van der Waals surface area contributed by atoms with Crippen molar-refractivity contribution >= 4 is 28.9 Å². The largest absolute Gasteiger partial charge is 0.368 e. The molecule has 1 saturated heterocycles. The van der Waals surface area contributed by atoms with Gasteiger partial charge < -0.3 is 16.0 Å². The Balaban J connectivity index is 1.54. The van der Waals surface area contributed by atoms with E-state index in [2.05, 4.69) is 10.3 Å². The number of rotatable bonds is 9. The van der Waals surface area contributed by atoms with E-state index < -0.39 is 17.8 Å². The van der Waals surface area contributed by atoms with Crippen molar-refractivity contribution in [3.8, 4) is 0 Å². The zero-order valence-electron chi connectivity index (χ0n) is 20.0. The Morgan fingerprint density at radius 2 is 1.86 bits per heavy atom. The minimum Gasteiger partial charge on any atom is -0.368 e. The number of thiazole rings is 1. The highest BCUT2D eigenvalue weighted by Crippen LogP contribution is 2.39. The lowest BCUT2D eigenvalue weighted by Crippen LogP contribution is -2.46.